The van der Waals surface area contributed by atoms with E-state index >= 15 is 0 Å². The van der Waals surface area contributed by atoms with Gasteiger partial charge in [-0.05, 0) is 24.1 Å². The molecule has 30 heavy (non-hydrogen) atoms. The Hall–Kier alpha value is -2.55. The van der Waals surface area contributed by atoms with Gasteiger partial charge in [0.2, 0.25) is 5.91 Å². The molecular weight excluding hydrogens is 423 g/mol. The lowest BCUT2D eigenvalue weighted by molar-refractivity contribution is -0.124. The van der Waals surface area contributed by atoms with E-state index in [1.54, 1.807) is 18.2 Å². The van der Waals surface area contributed by atoms with E-state index < -0.39 is 11.9 Å². The number of rotatable bonds is 8. The maximum Gasteiger partial charge on any atom is 0.266 e. The Morgan fingerprint density at radius 2 is 1.90 bits per heavy atom. The Kier molecular flexibility index (Phi) is 7.73. The molecule has 2 amide bonds. The van der Waals surface area contributed by atoms with Gasteiger partial charge in [-0.3, -0.25) is 14.5 Å². The zero-order valence-electron chi connectivity index (χ0n) is 16.1. The van der Waals surface area contributed by atoms with Crippen molar-refractivity contribution in [1.29, 1.82) is 0 Å². The fourth-order valence-electron chi connectivity index (χ4n) is 3.00. The van der Waals surface area contributed by atoms with Crippen LogP contribution in [0.4, 0.5) is 4.39 Å². The van der Waals surface area contributed by atoms with Gasteiger partial charge >= 0.3 is 0 Å². The van der Waals surface area contributed by atoms with Gasteiger partial charge in [0.15, 0.2) is 0 Å². The summed E-state index contributed by atoms with van der Waals surface area (Å²) >= 11 is 6.34. The number of carbonyl (C=O) groups is 2. The van der Waals surface area contributed by atoms with Crippen LogP contribution < -0.4 is 5.32 Å². The highest BCUT2D eigenvalue weighted by atomic mass is 32.2. The second-order valence-electron chi connectivity index (χ2n) is 6.74. The van der Waals surface area contributed by atoms with Crippen LogP contribution in [0.25, 0.3) is 6.08 Å². The average molecular weight is 445 g/mol. The lowest BCUT2D eigenvalue weighted by Gasteiger charge is -2.18. The van der Waals surface area contributed by atoms with Crippen molar-refractivity contribution in [2.45, 2.75) is 18.9 Å². The highest BCUT2D eigenvalue weighted by Gasteiger charge is 2.32. The quantitative estimate of drug-likeness (QED) is 0.484. The summed E-state index contributed by atoms with van der Waals surface area (Å²) in [7, 11) is 0. The minimum absolute atomic E-state index is 0.0463. The van der Waals surface area contributed by atoms with E-state index in [2.05, 4.69) is 5.32 Å². The van der Waals surface area contributed by atoms with Gasteiger partial charge in [-0.15, -0.1) is 0 Å². The first kappa shape index (κ1) is 22.1. The largest absolute Gasteiger partial charge is 0.394 e. The van der Waals surface area contributed by atoms with E-state index in [4.69, 9.17) is 12.2 Å². The first-order valence-electron chi connectivity index (χ1n) is 9.42. The number of benzene rings is 2. The summed E-state index contributed by atoms with van der Waals surface area (Å²) in [5.74, 6) is -1.04. The van der Waals surface area contributed by atoms with Crippen LogP contribution in [-0.2, 0) is 16.0 Å². The molecule has 8 heteroatoms. The first-order chi connectivity index (χ1) is 14.5. The van der Waals surface area contributed by atoms with Crippen molar-refractivity contribution in [2.75, 3.05) is 13.2 Å². The lowest BCUT2D eigenvalue weighted by Crippen LogP contribution is -2.41. The summed E-state index contributed by atoms with van der Waals surface area (Å²) in [5, 5.41) is 12.3. The fraction of sp³-hybridized carbons (Fsp3) is 0.227. The molecule has 1 aliphatic rings. The standard InChI is InChI=1S/C22H21FN2O3S2/c23-18-9-5-4-8-16(18)13-19-21(28)25(22(29)30-19)11-10-20(27)24-17(14-26)12-15-6-2-1-3-7-15/h1-9,13,17,26H,10-12,14H2,(H,24,27)/b19-13-. The Balaban J connectivity index is 1.56. The highest BCUT2D eigenvalue weighted by molar-refractivity contribution is 8.26. The summed E-state index contributed by atoms with van der Waals surface area (Å²) in [6, 6.07) is 15.3. The molecule has 156 valence electrons. The number of aliphatic hydroxyl groups is 1. The molecule has 0 aliphatic carbocycles. The van der Waals surface area contributed by atoms with Gasteiger partial charge in [0.05, 0.1) is 17.6 Å². The first-order valence-corrected chi connectivity index (χ1v) is 10.6. The number of carbonyl (C=O) groups excluding carboxylic acids is 2. The lowest BCUT2D eigenvalue weighted by atomic mass is 10.1. The molecule has 1 unspecified atom stereocenters. The van der Waals surface area contributed by atoms with Crippen LogP contribution in [0.15, 0.2) is 59.5 Å². The smallest absolute Gasteiger partial charge is 0.266 e. The van der Waals surface area contributed by atoms with Crippen molar-refractivity contribution in [1.82, 2.24) is 10.2 Å². The summed E-state index contributed by atoms with van der Waals surface area (Å²) in [6.45, 7) is -0.0678. The molecule has 0 aromatic heterocycles. The second-order valence-corrected chi connectivity index (χ2v) is 8.42. The van der Waals surface area contributed by atoms with Crippen molar-refractivity contribution < 1.29 is 19.1 Å². The number of amides is 2. The third kappa shape index (κ3) is 5.75. The van der Waals surface area contributed by atoms with Gasteiger partial charge in [-0.1, -0.05) is 72.5 Å². The van der Waals surface area contributed by atoms with Gasteiger partial charge < -0.3 is 10.4 Å². The molecule has 0 radical (unpaired) electrons. The normalized spacial score (nSPS) is 16.2. The van der Waals surface area contributed by atoms with E-state index in [-0.39, 0.29) is 31.4 Å². The molecule has 2 aromatic rings. The van der Waals surface area contributed by atoms with E-state index in [0.717, 1.165) is 17.3 Å². The predicted octanol–water partition coefficient (Wildman–Crippen LogP) is 3.14. The number of thioether (sulfide) groups is 1. The predicted molar refractivity (Wildman–Crippen MR) is 120 cm³/mol. The summed E-state index contributed by atoms with van der Waals surface area (Å²) in [6.07, 6.45) is 2.02. The number of hydrogen-bond donors (Lipinski definition) is 2. The minimum atomic E-state index is -0.421. The van der Waals surface area contributed by atoms with Crippen LogP contribution in [0, 0.1) is 5.82 Å². The van der Waals surface area contributed by atoms with E-state index in [1.807, 2.05) is 30.3 Å². The van der Waals surface area contributed by atoms with Crippen molar-refractivity contribution in [2.24, 2.45) is 0 Å². The molecule has 1 fully saturated rings. The number of nitrogens with one attached hydrogen (secondary N) is 1. The maximum absolute atomic E-state index is 13.8. The molecule has 0 bridgehead atoms. The number of nitrogens with zero attached hydrogens (tertiary/aromatic N) is 1. The van der Waals surface area contributed by atoms with Crippen LogP contribution in [0.3, 0.4) is 0 Å². The molecule has 3 rings (SSSR count). The van der Waals surface area contributed by atoms with E-state index in [0.29, 0.717) is 21.2 Å². The molecular formula is C22H21FN2O3S2. The third-order valence-electron chi connectivity index (χ3n) is 4.54. The zero-order valence-corrected chi connectivity index (χ0v) is 17.7. The molecule has 0 spiro atoms. The molecule has 2 N–H and O–H groups in total. The average Bonchev–Trinajstić information content (AvgIpc) is 3.01. The van der Waals surface area contributed by atoms with Crippen LogP contribution in [0.1, 0.15) is 17.5 Å². The zero-order chi connectivity index (χ0) is 21.5. The molecule has 0 saturated carbocycles. The Morgan fingerprint density at radius 1 is 1.20 bits per heavy atom. The monoisotopic (exact) mass is 444 g/mol. The Morgan fingerprint density at radius 3 is 2.60 bits per heavy atom. The number of halogens is 1. The molecule has 5 nitrogen and oxygen atoms in total. The minimum Gasteiger partial charge on any atom is -0.394 e. The third-order valence-corrected chi connectivity index (χ3v) is 5.92. The maximum atomic E-state index is 13.8. The van der Waals surface area contributed by atoms with Crippen LogP contribution in [0.2, 0.25) is 0 Å². The van der Waals surface area contributed by atoms with Crippen molar-refractivity contribution in [3.8, 4) is 0 Å². The van der Waals surface area contributed by atoms with Gasteiger partial charge in [0.1, 0.15) is 10.1 Å². The topological polar surface area (TPSA) is 69.6 Å². The van der Waals surface area contributed by atoms with Gasteiger partial charge in [0, 0.05) is 18.5 Å². The molecule has 1 saturated heterocycles. The number of hydrogen-bond acceptors (Lipinski definition) is 5. The van der Waals surface area contributed by atoms with Crippen LogP contribution >= 0.6 is 24.0 Å². The summed E-state index contributed by atoms with van der Waals surface area (Å²) in [5.41, 5.74) is 1.31. The van der Waals surface area contributed by atoms with Crippen LogP contribution in [-0.4, -0.2) is 45.3 Å². The van der Waals surface area contributed by atoms with E-state index in [9.17, 15) is 19.1 Å². The Labute approximate surface area is 184 Å². The van der Waals surface area contributed by atoms with E-state index in [1.165, 1.54) is 17.0 Å². The van der Waals surface area contributed by atoms with Crippen LogP contribution in [0.5, 0.6) is 0 Å². The number of thiocarbonyl (C=S) groups is 1. The SMILES string of the molecule is O=C(CCN1C(=O)/C(=C/c2ccccc2F)SC1=S)NC(CO)Cc1ccccc1. The van der Waals surface area contributed by atoms with Crippen molar-refractivity contribution >= 4 is 46.2 Å². The summed E-state index contributed by atoms with van der Waals surface area (Å²) in [4.78, 5) is 26.6. The summed E-state index contributed by atoms with van der Waals surface area (Å²) < 4.78 is 14.2. The number of aliphatic hydroxyl groups excluding tert-OH is 1. The van der Waals surface area contributed by atoms with Crippen molar-refractivity contribution in [3.63, 3.8) is 0 Å². The molecule has 1 atom stereocenters. The second kappa shape index (κ2) is 10.5. The van der Waals surface area contributed by atoms with Gasteiger partial charge in [0.25, 0.3) is 5.91 Å². The fourth-order valence-corrected chi connectivity index (χ4v) is 4.30. The Bertz CT molecular complexity index is 966. The molecule has 1 aliphatic heterocycles. The van der Waals surface area contributed by atoms with Gasteiger partial charge in [-0.2, -0.15) is 0 Å². The highest BCUT2D eigenvalue weighted by Crippen LogP contribution is 2.32. The van der Waals surface area contributed by atoms with Gasteiger partial charge in [-0.25, -0.2) is 4.39 Å². The van der Waals surface area contributed by atoms with Crippen molar-refractivity contribution in [3.05, 3.63) is 76.4 Å². The molecule has 2 aromatic carbocycles. The molecule has 1 heterocycles.